The van der Waals surface area contributed by atoms with Gasteiger partial charge in [-0.1, -0.05) is 6.92 Å². The summed E-state index contributed by atoms with van der Waals surface area (Å²) >= 11 is 1.39. The van der Waals surface area contributed by atoms with Crippen LogP contribution in [0.1, 0.15) is 34.6 Å². The Morgan fingerprint density at radius 3 is 2.35 bits per heavy atom. The number of hydrogen-bond acceptors (Lipinski definition) is 5. The van der Waals surface area contributed by atoms with Gasteiger partial charge in [0.1, 0.15) is 5.60 Å². The Bertz CT molecular complexity index is 258. The Hall–Kier alpha value is -0.710. The van der Waals surface area contributed by atoms with E-state index in [1.807, 2.05) is 20.8 Å². The van der Waals surface area contributed by atoms with E-state index >= 15 is 0 Å². The molecular formula is C12H22O4S. The molecule has 1 atom stereocenters. The monoisotopic (exact) mass is 262 g/mol. The Morgan fingerprint density at radius 2 is 1.88 bits per heavy atom. The fourth-order valence-electron chi connectivity index (χ4n) is 1.04. The van der Waals surface area contributed by atoms with Gasteiger partial charge in [0.05, 0.1) is 18.3 Å². The van der Waals surface area contributed by atoms with E-state index in [2.05, 4.69) is 0 Å². The van der Waals surface area contributed by atoms with E-state index in [0.29, 0.717) is 12.4 Å². The van der Waals surface area contributed by atoms with Gasteiger partial charge in [0, 0.05) is 5.75 Å². The number of esters is 2. The number of ether oxygens (including phenoxy) is 2. The fourth-order valence-corrected chi connectivity index (χ4v) is 1.88. The number of thioether (sulfide) groups is 1. The lowest BCUT2D eigenvalue weighted by Crippen LogP contribution is -2.25. The zero-order chi connectivity index (χ0) is 13.5. The summed E-state index contributed by atoms with van der Waals surface area (Å²) in [7, 11) is 0. The summed E-state index contributed by atoms with van der Waals surface area (Å²) in [6.07, 6.45) is 0. The van der Waals surface area contributed by atoms with Crippen LogP contribution in [0.2, 0.25) is 0 Å². The summed E-state index contributed by atoms with van der Waals surface area (Å²) in [5, 5.41) is 0. The molecule has 0 heterocycles. The molecule has 100 valence electrons. The first-order chi connectivity index (χ1) is 7.76. The van der Waals surface area contributed by atoms with Crippen LogP contribution in [0.25, 0.3) is 0 Å². The molecule has 0 saturated carbocycles. The highest BCUT2D eigenvalue weighted by Crippen LogP contribution is 2.13. The maximum absolute atomic E-state index is 11.4. The second-order valence-corrected chi connectivity index (χ2v) is 5.78. The van der Waals surface area contributed by atoms with Crippen LogP contribution in [0.4, 0.5) is 0 Å². The summed E-state index contributed by atoms with van der Waals surface area (Å²) < 4.78 is 10.0. The quantitative estimate of drug-likeness (QED) is 0.687. The first kappa shape index (κ1) is 16.3. The maximum Gasteiger partial charge on any atom is 0.316 e. The molecule has 0 saturated heterocycles. The molecule has 17 heavy (non-hydrogen) atoms. The van der Waals surface area contributed by atoms with Gasteiger partial charge in [-0.15, -0.1) is 11.8 Å². The summed E-state index contributed by atoms with van der Waals surface area (Å²) in [5.41, 5.74) is -0.454. The molecule has 0 aliphatic heterocycles. The second kappa shape index (κ2) is 7.58. The van der Waals surface area contributed by atoms with Crippen molar-refractivity contribution in [1.29, 1.82) is 0 Å². The molecule has 0 spiro atoms. The van der Waals surface area contributed by atoms with Gasteiger partial charge >= 0.3 is 11.9 Å². The molecule has 0 aliphatic rings. The number of hydrogen-bond donors (Lipinski definition) is 0. The molecule has 0 aromatic heterocycles. The SMILES string of the molecule is CCOC(=O)C(C)CSCC(=O)OC(C)(C)C. The molecule has 0 aromatic carbocycles. The fraction of sp³-hybridized carbons (Fsp3) is 0.833. The van der Waals surface area contributed by atoms with Crippen LogP contribution in [-0.4, -0.2) is 35.7 Å². The largest absolute Gasteiger partial charge is 0.466 e. The normalized spacial score (nSPS) is 13.0. The van der Waals surface area contributed by atoms with Crippen LogP contribution in [0, 0.1) is 5.92 Å². The lowest BCUT2D eigenvalue weighted by molar-refractivity contribution is -0.151. The smallest absolute Gasteiger partial charge is 0.316 e. The average Bonchev–Trinajstić information content (AvgIpc) is 2.14. The van der Waals surface area contributed by atoms with Crippen LogP contribution in [0.3, 0.4) is 0 Å². The molecule has 0 radical (unpaired) electrons. The van der Waals surface area contributed by atoms with Crippen molar-refractivity contribution < 1.29 is 19.1 Å². The van der Waals surface area contributed by atoms with Crippen molar-refractivity contribution in [2.24, 2.45) is 5.92 Å². The number of rotatable bonds is 6. The topological polar surface area (TPSA) is 52.6 Å². The van der Waals surface area contributed by atoms with E-state index in [1.54, 1.807) is 13.8 Å². The highest BCUT2D eigenvalue weighted by Gasteiger charge is 2.18. The molecule has 0 aromatic rings. The second-order valence-electron chi connectivity index (χ2n) is 4.75. The van der Waals surface area contributed by atoms with Crippen LogP contribution in [0.5, 0.6) is 0 Å². The van der Waals surface area contributed by atoms with Crippen molar-refractivity contribution in [3.63, 3.8) is 0 Å². The van der Waals surface area contributed by atoms with E-state index in [1.165, 1.54) is 11.8 Å². The predicted octanol–water partition coefficient (Wildman–Crippen LogP) is 2.26. The summed E-state index contributed by atoms with van der Waals surface area (Å²) in [5.74, 6) is 0.171. The molecule has 1 unspecified atom stereocenters. The minimum Gasteiger partial charge on any atom is -0.466 e. The van der Waals surface area contributed by atoms with Gasteiger partial charge in [-0.2, -0.15) is 0 Å². The zero-order valence-electron chi connectivity index (χ0n) is 11.2. The van der Waals surface area contributed by atoms with Crippen LogP contribution in [-0.2, 0) is 19.1 Å². The molecule has 0 amide bonds. The molecule has 4 nitrogen and oxygen atoms in total. The first-order valence-corrected chi connectivity index (χ1v) is 6.88. The van der Waals surface area contributed by atoms with Gasteiger partial charge in [-0.25, -0.2) is 0 Å². The van der Waals surface area contributed by atoms with Gasteiger partial charge in [0.2, 0.25) is 0 Å². The lowest BCUT2D eigenvalue weighted by Gasteiger charge is -2.19. The number of carbonyl (C=O) groups is 2. The third kappa shape index (κ3) is 9.03. The van der Waals surface area contributed by atoms with Gasteiger partial charge < -0.3 is 9.47 Å². The maximum atomic E-state index is 11.4. The molecule has 0 rings (SSSR count). The molecule has 0 fully saturated rings. The Labute approximate surface area is 107 Å². The van der Waals surface area contributed by atoms with E-state index in [4.69, 9.17) is 9.47 Å². The van der Waals surface area contributed by atoms with Gasteiger partial charge in [-0.05, 0) is 27.7 Å². The van der Waals surface area contributed by atoms with Crippen molar-refractivity contribution in [1.82, 2.24) is 0 Å². The van der Waals surface area contributed by atoms with Crippen LogP contribution in [0.15, 0.2) is 0 Å². The zero-order valence-corrected chi connectivity index (χ0v) is 12.1. The molecule has 0 aliphatic carbocycles. The summed E-state index contributed by atoms with van der Waals surface area (Å²) in [6, 6.07) is 0. The minimum atomic E-state index is -0.454. The van der Waals surface area contributed by atoms with E-state index in [-0.39, 0.29) is 23.6 Å². The third-order valence-electron chi connectivity index (χ3n) is 1.70. The first-order valence-electron chi connectivity index (χ1n) is 5.72. The van der Waals surface area contributed by atoms with E-state index < -0.39 is 5.60 Å². The molecule has 0 N–H and O–H groups in total. The van der Waals surface area contributed by atoms with Gasteiger partial charge in [0.15, 0.2) is 0 Å². The molecule has 0 bridgehead atoms. The van der Waals surface area contributed by atoms with Crippen molar-refractivity contribution in [2.75, 3.05) is 18.1 Å². The summed E-state index contributed by atoms with van der Waals surface area (Å²) in [6.45, 7) is 9.45. The van der Waals surface area contributed by atoms with Crippen molar-refractivity contribution >= 4 is 23.7 Å². The molecular weight excluding hydrogens is 240 g/mol. The highest BCUT2D eigenvalue weighted by atomic mass is 32.2. The van der Waals surface area contributed by atoms with Crippen molar-refractivity contribution in [3.8, 4) is 0 Å². The highest BCUT2D eigenvalue weighted by molar-refractivity contribution is 7.99. The van der Waals surface area contributed by atoms with Gasteiger partial charge in [0.25, 0.3) is 0 Å². The van der Waals surface area contributed by atoms with Crippen molar-refractivity contribution in [2.45, 2.75) is 40.2 Å². The lowest BCUT2D eigenvalue weighted by atomic mass is 10.2. The summed E-state index contributed by atoms with van der Waals surface area (Å²) in [4.78, 5) is 22.7. The molecule has 5 heteroatoms. The predicted molar refractivity (Wildman–Crippen MR) is 69.0 cm³/mol. The van der Waals surface area contributed by atoms with E-state index in [9.17, 15) is 9.59 Å². The van der Waals surface area contributed by atoms with Crippen molar-refractivity contribution in [3.05, 3.63) is 0 Å². The van der Waals surface area contributed by atoms with Crippen LogP contribution < -0.4 is 0 Å². The van der Waals surface area contributed by atoms with Crippen LogP contribution >= 0.6 is 11.8 Å². The Balaban J connectivity index is 3.77. The Kier molecular flexibility index (Phi) is 7.27. The van der Waals surface area contributed by atoms with Gasteiger partial charge in [-0.3, -0.25) is 9.59 Å². The minimum absolute atomic E-state index is 0.192. The third-order valence-corrected chi connectivity index (χ3v) is 2.87. The Morgan fingerprint density at radius 1 is 1.29 bits per heavy atom. The standard InChI is InChI=1S/C12H22O4S/c1-6-15-11(14)9(2)7-17-8-10(13)16-12(3,4)5/h9H,6-8H2,1-5H3. The average molecular weight is 262 g/mol. The van der Waals surface area contributed by atoms with E-state index in [0.717, 1.165) is 0 Å². The number of carbonyl (C=O) groups excluding carboxylic acids is 2.